The summed E-state index contributed by atoms with van der Waals surface area (Å²) in [5.41, 5.74) is 1.19. The second-order valence-corrected chi connectivity index (χ2v) is 9.50. The smallest absolute Gasteiger partial charge is 0.191 e. The lowest BCUT2D eigenvalue weighted by Crippen LogP contribution is -2.38. The van der Waals surface area contributed by atoms with E-state index < -0.39 is 9.84 Å². The first-order chi connectivity index (χ1) is 13.4. The fourth-order valence-corrected chi connectivity index (χ4v) is 4.19. The maximum absolute atomic E-state index is 13.6. The van der Waals surface area contributed by atoms with Gasteiger partial charge in [0.2, 0.25) is 0 Å². The number of unbranched alkanes of at least 4 members (excludes halogenated alkanes) is 1. The van der Waals surface area contributed by atoms with Crippen LogP contribution in [0.5, 0.6) is 0 Å². The van der Waals surface area contributed by atoms with Crippen LogP contribution >= 0.6 is 0 Å². The van der Waals surface area contributed by atoms with Crippen LogP contribution in [0, 0.1) is 5.82 Å². The molecule has 28 heavy (non-hydrogen) atoms. The van der Waals surface area contributed by atoms with Gasteiger partial charge in [0.25, 0.3) is 0 Å². The molecule has 1 heterocycles. The first-order valence-electron chi connectivity index (χ1n) is 10.1. The van der Waals surface area contributed by atoms with Gasteiger partial charge in [-0.3, -0.25) is 0 Å². The van der Waals surface area contributed by atoms with Crippen molar-refractivity contribution >= 4 is 15.8 Å². The fourth-order valence-electron chi connectivity index (χ4n) is 3.34. The van der Waals surface area contributed by atoms with Crippen LogP contribution in [0.15, 0.2) is 23.2 Å². The van der Waals surface area contributed by atoms with E-state index in [2.05, 4.69) is 20.5 Å². The quantitative estimate of drug-likeness (QED) is 0.350. The number of nitrogens with one attached hydrogen (secondary N) is 2. The SMILES string of the molecule is CCNC(=NCc1cc(F)ccc1CS(C)(=O)=O)NCCCCN1CCCC1. The van der Waals surface area contributed by atoms with Crippen LogP contribution in [0.25, 0.3) is 0 Å². The number of hydrogen-bond donors (Lipinski definition) is 2. The first-order valence-corrected chi connectivity index (χ1v) is 12.1. The number of nitrogens with zero attached hydrogens (tertiary/aromatic N) is 2. The molecule has 8 heteroatoms. The van der Waals surface area contributed by atoms with Gasteiger partial charge in [-0.15, -0.1) is 0 Å². The molecular weight excluding hydrogens is 379 g/mol. The van der Waals surface area contributed by atoms with Crippen LogP contribution in [0.4, 0.5) is 4.39 Å². The molecule has 1 aromatic carbocycles. The van der Waals surface area contributed by atoms with Gasteiger partial charge in [-0.2, -0.15) is 0 Å². The Bertz CT molecular complexity index is 747. The van der Waals surface area contributed by atoms with Crippen molar-refractivity contribution < 1.29 is 12.8 Å². The van der Waals surface area contributed by atoms with E-state index >= 15 is 0 Å². The topological polar surface area (TPSA) is 73.8 Å². The van der Waals surface area contributed by atoms with E-state index in [0.29, 0.717) is 17.1 Å². The number of guanidine groups is 1. The standard InChI is InChI=1S/C20H33FN4O2S/c1-3-22-20(23-10-4-5-11-25-12-6-7-13-25)24-15-18-14-19(21)9-8-17(18)16-28(2,26)27/h8-9,14H,3-7,10-13,15-16H2,1-2H3,(H2,22,23,24). The van der Waals surface area contributed by atoms with E-state index in [9.17, 15) is 12.8 Å². The maximum atomic E-state index is 13.6. The second kappa shape index (κ2) is 11.4. The van der Waals surface area contributed by atoms with Gasteiger partial charge >= 0.3 is 0 Å². The minimum absolute atomic E-state index is 0.112. The molecule has 1 aliphatic heterocycles. The van der Waals surface area contributed by atoms with Crippen LogP contribution in [0.1, 0.15) is 43.7 Å². The summed E-state index contributed by atoms with van der Waals surface area (Å²) in [6.45, 7) is 7.35. The van der Waals surface area contributed by atoms with Crippen LogP contribution < -0.4 is 10.6 Å². The zero-order valence-electron chi connectivity index (χ0n) is 17.0. The Labute approximate surface area is 168 Å². The molecule has 0 amide bonds. The molecule has 0 atom stereocenters. The predicted molar refractivity (Wildman–Crippen MR) is 113 cm³/mol. The summed E-state index contributed by atoms with van der Waals surface area (Å²) in [6.07, 6.45) is 6.01. The van der Waals surface area contributed by atoms with Gasteiger partial charge < -0.3 is 15.5 Å². The Morgan fingerprint density at radius 3 is 2.61 bits per heavy atom. The van der Waals surface area contributed by atoms with E-state index in [-0.39, 0.29) is 18.1 Å². The summed E-state index contributed by atoms with van der Waals surface area (Å²) in [5.74, 6) is 0.166. The van der Waals surface area contributed by atoms with Crippen molar-refractivity contribution in [2.75, 3.05) is 39.0 Å². The second-order valence-electron chi connectivity index (χ2n) is 7.36. The molecule has 1 fully saturated rings. The average molecular weight is 413 g/mol. The summed E-state index contributed by atoms with van der Waals surface area (Å²) in [7, 11) is -3.20. The molecule has 0 aromatic heterocycles. The number of sulfone groups is 1. The number of hydrogen-bond acceptors (Lipinski definition) is 4. The number of rotatable bonds is 10. The van der Waals surface area contributed by atoms with E-state index in [1.165, 1.54) is 50.4 Å². The van der Waals surface area contributed by atoms with E-state index in [1.807, 2.05) is 6.92 Å². The van der Waals surface area contributed by atoms with Crippen LogP contribution in [-0.4, -0.2) is 58.3 Å². The van der Waals surface area contributed by atoms with Crippen molar-refractivity contribution in [3.05, 3.63) is 35.1 Å². The van der Waals surface area contributed by atoms with Gasteiger partial charge in [0.05, 0.1) is 12.3 Å². The van der Waals surface area contributed by atoms with Crippen LogP contribution in [0.3, 0.4) is 0 Å². The maximum Gasteiger partial charge on any atom is 0.191 e. The number of aliphatic imine (C=N–C) groups is 1. The minimum atomic E-state index is -3.20. The lowest BCUT2D eigenvalue weighted by Gasteiger charge is -2.15. The molecule has 0 spiro atoms. The molecule has 0 saturated carbocycles. The summed E-state index contributed by atoms with van der Waals surface area (Å²) >= 11 is 0. The average Bonchev–Trinajstić information content (AvgIpc) is 3.13. The third kappa shape index (κ3) is 8.56. The molecule has 1 aromatic rings. The number of likely N-dealkylation sites (tertiary alicyclic amines) is 1. The molecule has 1 saturated heterocycles. The molecular formula is C20H33FN4O2S. The normalized spacial score (nSPS) is 15.8. The van der Waals surface area contributed by atoms with Gasteiger partial charge in [0.15, 0.2) is 15.8 Å². The summed E-state index contributed by atoms with van der Waals surface area (Å²) in [5, 5.41) is 6.49. The van der Waals surface area contributed by atoms with Crippen LogP contribution in [-0.2, 0) is 22.1 Å². The van der Waals surface area contributed by atoms with Crippen molar-refractivity contribution in [3.8, 4) is 0 Å². The Kier molecular flexibility index (Phi) is 9.18. The largest absolute Gasteiger partial charge is 0.357 e. The predicted octanol–water partition coefficient (Wildman–Crippen LogP) is 2.30. The summed E-state index contributed by atoms with van der Waals surface area (Å²) in [4.78, 5) is 7.02. The molecule has 2 rings (SSSR count). The zero-order valence-corrected chi connectivity index (χ0v) is 17.8. The molecule has 0 unspecified atom stereocenters. The van der Waals surface area contributed by atoms with E-state index in [4.69, 9.17) is 0 Å². The molecule has 158 valence electrons. The Morgan fingerprint density at radius 2 is 1.93 bits per heavy atom. The Balaban J connectivity index is 1.89. The minimum Gasteiger partial charge on any atom is -0.357 e. The molecule has 0 radical (unpaired) electrons. The Hall–Kier alpha value is -1.67. The molecule has 0 bridgehead atoms. The van der Waals surface area contributed by atoms with Crippen molar-refractivity contribution in [2.45, 2.75) is 44.9 Å². The third-order valence-corrected chi connectivity index (χ3v) is 5.57. The molecule has 0 aliphatic carbocycles. The molecule has 2 N–H and O–H groups in total. The summed E-state index contributed by atoms with van der Waals surface area (Å²) < 4.78 is 36.9. The highest BCUT2D eigenvalue weighted by Crippen LogP contribution is 2.15. The number of benzene rings is 1. The van der Waals surface area contributed by atoms with E-state index in [1.54, 1.807) is 0 Å². The van der Waals surface area contributed by atoms with Crippen molar-refractivity contribution in [3.63, 3.8) is 0 Å². The molecule has 1 aliphatic rings. The van der Waals surface area contributed by atoms with Gasteiger partial charge in [0.1, 0.15) is 5.82 Å². The van der Waals surface area contributed by atoms with E-state index in [0.717, 1.165) is 32.5 Å². The van der Waals surface area contributed by atoms with Gasteiger partial charge in [-0.05, 0) is 75.5 Å². The van der Waals surface area contributed by atoms with Gasteiger partial charge in [0, 0.05) is 19.3 Å². The Morgan fingerprint density at radius 1 is 1.18 bits per heavy atom. The monoisotopic (exact) mass is 412 g/mol. The first kappa shape index (κ1) is 22.6. The van der Waals surface area contributed by atoms with Crippen molar-refractivity contribution in [1.29, 1.82) is 0 Å². The lowest BCUT2D eigenvalue weighted by molar-refractivity contribution is 0.330. The highest BCUT2D eigenvalue weighted by molar-refractivity contribution is 7.89. The zero-order chi connectivity index (χ0) is 20.4. The van der Waals surface area contributed by atoms with Crippen LogP contribution in [0.2, 0.25) is 0 Å². The van der Waals surface area contributed by atoms with Crippen molar-refractivity contribution in [1.82, 2.24) is 15.5 Å². The molecule has 6 nitrogen and oxygen atoms in total. The highest BCUT2D eigenvalue weighted by Gasteiger charge is 2.11. The summed E-state index contributed by atoms with van der Waals surface area (Å²) in [6, 6.07) is 4.18. The third-order valence-electron chi connectivity index (χ3n) is 4.73. The highest BCUT2D eigenvalue weighted by atomic mass is 32.2. The van der Waals surface area contributed by atoms with Gasteiger partial charge in [-0.25, -0.2) is 17.8 Å². The number of halogens is 1. The fraction of sp³-hybridized carbons (Fsp3) is 0.650. The van der Waals surface area contributed by atoms with Crippen molar-refractivity contribution in [2.24, 2.45) is 4.99 Å². The van der Waals surface area contributed by atoms with Gasteiger partial charge in [-0.1, -0.05) is 6.07 Å². The lowest BCUT2D eigenvalue weighted by atomic mass is 10.1.